The Kier molecular flexibility index (Phi) is 6.65. The van der Waals surface area contributed by atoms with Gasteiger partial charge in [0.2, 0.25) is 10.0 Å². The molecule has 1 amide bonds. The summed E-state index contributed by atoms with van der Waals surface area (Å²) in [6.45, 7) is 0. The number of nitrogens with one attached hydrogen (secondary N) is 3. The van der Waals surface area contributed by atoms with Crippen LogP contribution in [0.15, 0.2) is 77.7 Å². The number of sulfonamides is 1. The van der Waals surface area contributed by atoms with Crippen molar-refractivity contribution < 1.29 is 13.2 Å². The maximum Gasteiger partial charge on any atom is 0.268 e. The first-order valence-electron chi connectivity index (χ1n) is 10.3. The molecule has 0 spiro atoms. The maximum atomic E-state index is 13.3. The summed E-state index contributed by atoms with van der Waals surface area (Å²) in [5, 5.41) is 19.4. The third-order valence-electron chi connectivity index (χ3n) is 5.13. The number of hydrogen-bond donors (Lipinski definition) is 5. The highest BCUT2D eigenvalue weighted by molar-refractivity contribution is 7.89. The second-order valence-electron chi connectivity index (χ2n) is 7.52. The van der Waals surface area contributed by atoms with Gasteiger partial charge in [0.05, 0.1) is 10.6 Å². The molecule has 178 valence electrons. The van der Waals surface area contributed by atoms with E-state index in [4.69, 9.17) is 16.3 Å². The van der Waals surface area contributed by atoms with E-state index in [0.717, 1.165) is 11.3 Å². The van der Waals surface area contributed by atoms with Crippen LogP contribution in [0.25, 0.3) is 22.4 Å². The predicted molar refractivity (Wildman–Crippen MR) is 139 cm³/mol. The van der Waals surface area contributed by atoms with E-state index < -0.39 is 15.9 Å². The van der Waals surface area contributed by atoms with Crippen molar-refractivity contribution >= 4 is 43.9 Å². The van der Waals surface area contributed by atoms with Crippen LogP contribution in [0.5, 0.6) is 0 Å². The molecule has 0 radical (unpaired) electrons. The molecule has 0 fully saturated rings. The van der Waals surface area contributed by atoms with Crippen LogP contribution in [0.3, 0.4) is 0 Å². The number of nitrogens with two attached hydrogens (primary N) is 2. The third-order valence-corrected chi connectivity index (χ3v) is 7.15. The second kappa shape index (κ2) is 9.66. The number of amides is 1. The summed E-state index contributed by atoms with van der Waals surface area (Å²) in [4.78, 5) is 18.0. The van der Waals surface area contributed by atoms with Gasteiger partial charge in [-0.05, 0) is 23.8 Å². The van der Waals surface area contributed by atoms with Gasteiger partial charge < -0.3 is 16.4 Å². The van der Waals surface area contributed by atoms with Crippen LogP contribution in [0, 0.1) is 5.41 Å². The molecular weight excluding hydrogens is 484 g/mol. The van der Waals surface area contributed by atoms with Crippen LogP contribution in [-0.2, 0) is 10.0 Å². The highest BCUT2D eigenvalue weighted by atomic mass is 32.2. The fraction of sp³-hybridized carbons (Fsp3) is 0.0417. The summed E-state index contributed by atoms with van der Waals surface area (Å²) in [7, 11) is -2.38. The van der Waals surface area contributed by atoms with Crippen molar-refractivity contribution in [3.8, 4) is 22.4 Å². The van der Waals surface area contributed by atoms with Gasteiger partial charge in [-0.1, -0.05) is 65.9 Å². The maximum absolute atomic E-state index is 13.3. The van der Waals surface area contributed by atoms with Gasteiger partial charge in [0.1, 0.15) is 10.7 Å². The third kappa shape index (κ3) is 5.22. The lowest BCUT2D eigenvalue weighted by Gasteiger charge is -2.12. The molecule has 0 aliphatic carbocycles. The van der Waals surface area contributed by atoms with E-state index in [1.165, 1.54) is 6.07 Å². The van der Waals surface area contributed by atoms with Crippen molar-refractivity contribution in [2.75, 3.05) is 17.7 Å². The average Bonchev–Trinajstić information content (AvgIpc) is 3.29. The number of thiazole rings is 1. The largest absolute Gasteiger partial charge is 0.384 e. The molecule has 0 aliphatic heterocycles. The number of primary sulfonamides is 1. The Morgan fingerprint density at radius 1 is 1.00 bits per heavy atom. The lowest BCUT2D eigenvalue weighted by atomic mass is 10.1. The summed E-state index contributed by atoms with van der Waals surface area (Å²) < 4.78 is 24.6. The van der Waals surface area contributed by atoms with E-state index in [9.17, 15) is 13.2 Å². The first-order chi connectivity index (χ1) is 16.7. The van der Waals surface area contributed by atoms with Gasteiger partial charge in [-0.2, -0.15) is 0 Å². The molecule has 0 saturated heterocycles. The Hall–Kier alpha value is -4.06. The van der Waals surface area contributed by atoms with Crippen LogP contribution >= 0.6 is 11.3 Å². The zero-order valence-corrected chi connectivity index (χ0v) is 20.2. The van der Waals surface area contributed by atoms with E-state index in [2.05, 4.69) is 15.6 Å². The Morgan fingerprint density at radius 3 is 2.37 bits per heavy atom. The number of benzene rings is 3. The summed E-state index contributed by atoms with van der Waals surface area (Å²) in [5.74, 6) is -0.573. The number of amidine groups is 1. The lowest BCUT2D eigenvalue weighted by Crippen LogP contribution is -2.16. The molecule has 0 unspecified atom stereocenters. The quantitative estimate of drug-likeness (QED) is 0.189. The summed E-state index contributed by atoms with van der Waals surface area (Å²) >= 11 is 1.14. The number of hydrogen-bond acceptors (Lipinski definition) is 7. The zero-order valence-electron chi connectivity index (χ0n) is 18.6. The highest BCUT2D eigenvalue weighted by Gasteiger charge is 2.22. The molecule has 1 heterocycles. The molecule has 11 heteroatoms. The van der Waals surface area contributed by atoms with E-state index >= 15 is 0 Å². The van der Waals surface area contributed by atoms with Gasteiger partial charge in [-0.25, -0.2) is 18.5 Å². The van der Waals surface area contributed by atoms with Crippen LogP contribution in [0.1, 0.15) is 15.2 Å². The number of rotatable bonds is 7. The molecule has 3 aromatic carbocycles. The Balaban J connectivity index is 1.72. The normalized spacial score (nSPS) is 11.1. The standard InChI is InChI=1S/C24H22N6O3S2/c1-28-24-30-20(15-8-5-9-16(12-15)22(25)26)21(34-24)23(31)29-17-10-11-18(14-6-3-2-4-7-14)19(13-17)35(27,32)33/h2-13H,1H3,(H3,25,26)(H,28,30)(H,29,31)(H2,27,32,33). The molecule has 4 aromatic rings. The Labute approximate surface area is 206 Å². The van der Waals surface area contributed by atoms with Crippen molar-refractivity contribution in [2.45, 2.75) is 4.90 Å². The monoisotopic (exact) mass is 506 g/mol. The van der Waals surface area contributed by atoms with Crippen LogP contribution in [0.2, 0.25) is 0 Å². The molecule has 7 N–H and O–H groups in total. The van der Waals surface area contributed by atoms with E-state index in [1.807, 2.05) is 6.07 Å². The minimum atomic E-state index is -4.07. The summed E-state index contributed by atoms with van der Waals surface area (Å²) in [6, 6.07) is 20.4. The van der Waals surface area contributed by atoms with Crippen LogP contribution in [0.4, 0.5) is 10.8 Å². The summed E-state index contributed by atoms with van der Waals surface area (Å²) in [5.41, 5.74) is 8.52. The van der Waals surface area contributed by atoms with Crippen molar-refractivity contribution in [2.24, 2.45) is 10.9 Å². The Bertz CT molecular complexity index is 1530. The van der Waals surface area contributed by atoms with Crippen molar-refractivity contribution in [3.63, 3.8) is 0 Å². The van der Waals surface area contributed by atoms with Gasteiger partial charge in [-0.3, -0.25) is 10.2 Å². The smallest absolute Gasteiger partial charge is 0.268 e. The van der Waals surface area contributed by atoms with Crippen molar-refractivity contribution in [1.82, 2.24) is 4.98 Å². The number of nitrogens with zero attached hydrogens (tertiary/aromatic N) is 1. The molecule has 0 saturated carbocycles. The topological polar surface area (TPSA) is 164 Å². The molecular formula is C24H22N6O3S2. The minimum absolute atomic E-state index is 0.101. The number of anilines is 2. The highest BCUT2D eigenvalue weighted by Crippen LogP contribution is 2.33. The average molecular weight is 507 g/mol. The van der Waals surface area contributed by atoms with E-state index in [1.54, 1.807) is 67.7 Å². The molecule has 0 aliphatic rings. The summed E-state index contributed by atoms with van der Waals surface area (Å²) in [6.07, 6.45) is 0. The molecule has 1 aromatic heterocycles. The fourth-order valence-corrected chi connectivity index (χ4v) is 5.11. The molecule has 0 bridgehead atoms. The Morgan fingerprint density at radius 2 is 1.71 bits per heavy atom. The lowest BCUT2D eigenvalue weighted by molar-refractivity contribution is 0.103. The molecule has 4 rings (SSSR count). The molecule has 0 atom stereocenters. The zero-order chi connectivity index (χ0) is 25.2. The number of carbonyl (C=O) groups excluding carboxylic acids is 1. The van der Waals surface area contributed by atoms with Crippen molar-refractivity contribution in [3.05, 3.63) is 83.2 Å². The van der Waals surface area contributed by atoms with E-state index in [0.29, 0.717) is 38.0 Å². The van der Waals surface area contributed by atoms with Gasteiger partial charge in [0.25, 0.3) is 5.91 Å². The van der Waals surface area contributed by atoms with Gasteiger partial charge in [0.15, 0.2) is 5.13 Å². The molecule has 35 heavy (non-hydrogen) atoms. The number of nitrogen functional groups attached to an aromatic ring is 1. The fourth-order valence-electron chi connectivity index (χ4n) is 3.49. The first-order valence-corrected chi connectivity index (χ1v) is 12.7. The van der Waals surface area contributed by atoms with Gasteiger partial charge >= 0.3 is 0 Å². The van der Waals surface area contributed by atoms with Gasteiger partial charge in [0, 0.05) is 29.4 Å². The second-order valence-corrected chi connectivity index (χ2v) is 10.0. The van der Waals surface area contributed by atoms with Gasteiger partial charge in [-0.15, -0.1) is 0 Å². The SMILES string of the molecule is CNc1nc(-c2cccc(C(=N)N)c2)c(C(=O)Nc2ccc(-c3ccccc3)c(S(N)(=O)=O)c2)s1. The molecule has 9 nitrogen and oxygen atoms in total. The van der Waals surface area contributed by atoms with Crippen LogP contribution < -0.4 is 21.5 Å². The predicted octanol–water partition coefficient (Wildman–Crippen LogP) is 3.70. The number of carbonyl (C=O) groups is 1. The van der Waals surface area contributed by atoms with E-state index in [-0.39, 0.29) is 16.4 Å². The van der Waals surface area contributed by atoms with Crippen molar-refractivity contribution in [1.29, 1.82) is 5.41 Å². The number of aromatic nitrogens is 1. The minimum Gasteiger partial charge on any atom is -0.384 e. The van der Waals surface area contributed by atoms with Crippen LogP contribution in [-0.4, -0.2) is 32.2 Å². The first kappa shape index (κ1) is 24.1.